The van der Waals surface area contributed by atoms with Gasteiger partial charge in [0, 0.05) is 12.6 Å². The molecule has 3 amide bonds. The molecule has 0 aliphatic rings. The average Bonchev–Trinajstić information content (AvgIpc) is 2.46. The van der Waals surface area contributed by atoms with Crippen molar-refractivity contribution in [3.63, 3.8) is 0 Å². The van der Waals surface area contributed by atoms with Crippen molar-refractivity contribution in [3.8, 4) is 0 Å². The zero-order valence-electron chi connectivity index (χ0n) is 13.0. The third-order valence-electron chi connectivity index (χ3n) is 3.21. The van der Waals surface area contributed by atoms with Crippen LogP contribution in [0.4, 0.5) is 4.79 Å². The third kappa shape index (κ3) is 6.90. The summed E-state index contributed by atoms with van der Waals surface area (Å²) in [7, 11) is 0. The highest BCUT2D eigenvalue weighted by atomic mass is 16.2. The van der Waals surface area contributed by atoms with Crippen LogP contribution >= 0.6 is 0 Å². The van der Waals surface area contributed by atoms with Crippen molar-refractivity contribution in [2.45, 2.75) is 45.7 Å². The first kappa shape index (κ1) is 17.2. The second kappa shape index (κ2) is 9.13. The van der Waals surface area contributed by atoms with Gasteiger partial charge >= 0.3 is 6.03 Å². The Kier molecular flexibility index (Phi) is 7.46. The fourth-order valence-corrected chi connectivity index (χ4v) is 2.04. The van der Waals surface area contributed by atoms with Crippen molar-refractivity contribution < 1.29 is 9.59 Å². The van der Waals surface area contributed by atoms with Crippen LogP contribution in [-0.4, -0.2) is 30.6 Å². The second-order valence-corrected chi connectivity index (χ2v) is 5.16. The monoisotopic (exact) mass is 291 g/mol. The van der Waals surface area contributed by atoms with Gasteiger partial charge in [-0.25, -0.2) is 4.79 Å². The van der Waals surface area contributed by atoms with Gasteiger partial charge in [0.15, 0.2) is 0 Å². The second-order valence-electron chi connectivity index (χ2n) is 5.16. The molecular weight excluding hydrogens is 266 g/mol. The van der Waals surface area contributed by atoms with Gasteiger partial charge < -0.3 is 10.6 Å². The molecule has 21 heavy (non-hydrogen) atoms. The summed E-state index contributed by atoms with van der Waals surface area (Å²) in [5.41, 5.74) is 1.28. The van der Waals surface area contributed by atoms with Gasteiger partial charge in [0.1, 0.15) is 0 Å². The summed E-state index contributed by atoms with van der Waals surface area (Å²) in [6, 6.07) is 9.58. The van der Waals surface area contributed by atoms with Gasteiger partial charge in [-0.05, 0) is 39.2 Å². The first-order chi connectivity index (χ1) is 10.0. The third-order valence-corrected chi connectivity index (χ3v) is 3.21. The van der Waals surface area contributed by atoms with Crippen LogP contribution < -0.4 is 16.0 Å². The van der Waals surface area contributed by atoms with Crippen LogP contribution in [0.15, 0.2) is 30.3 Å². The van der Waals surface area contributed by atoms with Gasteiger partial charge in [0.25, 0.3) is 0 Å². The number of aryl methyl sites for hydroxylation is 1. The molecule has 0 aliphatic carbocycles. The fraction of sp³-hybridized carbons (Fsp3) is 0.500. The van der Waals surface area contributed by atoms with E-state index in [2.05, 4.69) is 28.1 Å². The van der Waals surface area contributed by atoms with Crippen LogP contribution in [0, 0.1) is 0 Å². The van der Waals surface area contributed by atoms with Crippen molar-refractivity contribution >= 4 is 11.9 Å². The van der Waals surface area contributed by atoms with Crippen molar-refractivity contribution in [1.29, 1.82) is 0 Å². The molecule has 1 aromatic rings. The van der Waals surface area contributed by atoms with Crippen molar-refractivity contribution in [1.82, 2.24) is 16.0 Å². The van der Waals surface area contributed by atoms with E-state index in [1.54, 1.807) is 13.8 Å². The van der Waals surface area contributed by atoms with Crippen LogP contribution in [-0.2, 0) is 11.2 Å². The number of benzene rings is 1. The first-order valence-electron chi connectivity index (χ1n) is 7.41. The summed E-state index contributed by atoms with van der Waals surface area (Å²) >= 11 is 0. The lowest BCUT2D eigenvalue weighted by molar-refractivity contribution is -0.121. The molecule has 116 valence electrons. The van der Waals surface area contributed by atoms with Gasteiger partial charge in [0.2, 0.25) is 5.91 Å². The molecule has 1 aromatic carbocycles. The zero-order valence-corrected chi connectivity index (χ0v) is 13.0. The smallest absolute Gasteiger partial charge is 0.321 e. The minimum absolute atomic E-state index is 0.195. The lowest BCUT2D eigenvalue weighted by Crippen LogP contribution is -2.50. The topological polar surface area (TPSA) is 70.2 Å². The van der Waals surface area contributed by atoms with Crippen molar-refractivity contribution in [2.24, 2.45) is 0 Å². The Morgan fingerprint density at radius 2 is 1.81 bits per heavy atom. The van der Waals surface area contributed by atoms with Gasteiger partial charge in [-0.2, -0.15) is 0 Å². The highest BCUT2D eigenvalue weighted by molar-refractivity contribution is 5.96. The molecule has 0 heterocycles. The number of nitrogens with one attached hydrogen (secondary N) is 3. The molecule has 0 aliphatic heterocycles. The van der Waals surface area contributed by atoms with E-state index in [4.69, 9.17) is 0 Å². The number of hydrogen-bond acceptors (Lipinski definition) is 3. The number of imide groups is 1. The van der Waals surface area contributed by atoms with Crippen molar-refractivity contribution in [3.05, 3.63) is 35.9 Å². The maximum atomic E-state index is 11.8. The number of hydrogen-bond donors (Lipinski definition) is 3. The van der Waals surface area contributed by atoms with Gasteiger partial charge in [-0.3, -0.25) is 10.1 Å². The summed E-state index contributed by atoms with van der Waals surface area (Å²) in [5.74, 6) is -0.312. The molecule has 1 rings (SSSR count). The predicted octanol–water partition coefficient (Wildman–Crippen LogP) is 1.83. The largest absolute Gasteiger partial charge is 0.338 e. The lowest BCUT2D eigenvalue weighted by Gasteiger charge is -2.19. The number of urea groups is 1. The van der Waals surface area contributed by atoms with E-state index in [-0.39, 0.29) is 11.9 Å². The zero-order chi connectivity index (χ0) is 15.7. The molecule has 0 fully saturated rings. The molecule has 5 heteroatoms. The standard InChI is InChI=1S/C16H25N3O2/c1-4-17-16(21)19-15(20)13(3)18-12(2)10-11-14-8-6-5-7-9-14/h5-9,12-13,18H,4,10-11H2,1-3H3,(H2,17,19,20,21). The molecule has 5 nitrogen and oxygen atoms in total. The van der Waals surface area contributed by atoms with Gasteiger partial charge in [-0.1, -0.05) is 30.3 Å². The first-order valence-corrected chi connectivity index (χ1v) is 7.41. The highest BCUT2D eigenvalue weighted by Crippen LogP contribution is 2.05. The van der Waals surface area contributed by atoms with Crippen LogP contribution in [0.25, 0.3) is 0 Å². The van der Waals surface area contributed by atoms with E-state index in [1.807, 2.05) is 25.1 Å². The number of rotatable bonds is 7. The summed E-state index contributed by atoms with van der Waals surface area (Å²) < 4.78 is 0. The Hall–Kier alpha value is -1.88. The summed E-state index contributed by atoms with van der Waals surface area (Å²) in [5, 5.41) is 8.05. The Morgan fingerprint density at radius 1 is 1.14 bits per heavy atom. The van der Waals surface area contributed by atoms with Gasteiger partial charge in [0.05, 0.1) is 6.04 Å². The molecule has 0 aromatic heterocycles. The fourth-order valence-electron chi connectivity index (χ4n) is 2.04. The minimum atomic E-state index is -0.451. The number of amides is 3. The van der Waals surface area contributed by atoms with Crippen LogP contribution in [0.3, 0.4) is 0 Å². The van der Waals surface area contributed by atoms with E-state index in [0.717, 1.165) is 12.8 Å². The van der Waals surface area contributed by atoms with Crippen LogP contribution in [0.1, 0.15) is 32.8 Å². The Morgan fingerprint density at radius 3 is 2.43 bits per heavy atom. The van der Waals surface area contributed by atoms with E-state index in [9.17, 15) is 9.59 Å². The SMILES string of the molecule is CCNC(=O)NC(=O)C(C)NC(C)CCc1ccccc1. The van der Waals surface area contributed by atoms with E-state index in [1.165, 1.54) is 5.56 Å². The molecule has 0 saturated heterocycles. The molecule has 2 atom stereocenters. The molecule has 0 radical (unpaired) electrons. The molecule has 3 N–H and O–H groups in total. The lowest BCUT2D eigenvalue weighted by atomic mass is 10.1. The summed E-state index contributed by atoms with van der Waals surface area (Å²) in [6.07, 6.45) is 1.89. The Balaban J connectivity index is 2.31. The van der Waals surface area contributed by atoms with Crippen molar-refractivity contribution in [2.75, 3.05) is 6.54 Å². The normalized spacial score (nSPS) is 13.3. The number of carbonyl (C=O) groups is 2. The summed E-state index contributed by atoms with van der Waals surface area (Å²) in [4.78, 5) is 23.1. The number of carbonyl (C=O) groups excluding carboxylic acids is 2. The predicted molar refractivity (Wildman–Crippen MR) is 84.0 cm³/mol. The van der Waals surface area contributed by atoms with Gasteiger partial charge in [-0.15, -0.1) is 0 Å². The van der Waals surface area contributed by atoms with Crippen LogP contribution in [0.5, 0.6) is 0 Å². The minimum Gasteiger partial charge on any atom is -0.338 e. The molecule has 2 unspecified atom stereocenters. The summed E-state index contributed by atoms with van der Waals surface area (Å²) in [6.45, 7) is 6.10. The highest BCUT2D eigenvalue weighted by Gasteiger charge is 2.17. The maximum Gasteiger partial charge on any atom is 0.321 e. The molecule has 0 spiro atoms. The molecule has 0 saturated carbocycles. The van der Waals surface area contributed by atoms with E-state index < -0.39 is 12.1 Å². The van der Waals surface area contributed by atoms with E-state index in [0.29, 0.717) is 6.54 Å². The molecular formula is C16H25N3O2. The van der Waals surface area contributed by atoms with Crippen LogP contribution in [0.2, 0.25) is 0 Å². The molecule has 0 bridgehead atoms. The van der Waals surface area contributed by atoms with E-state index >= 15 is 0 Å². The Bertz CT molecular complexity index is 448. The maximum absolute atomic E-state index is 11.8. The quantitative estimate of drug-likeness (QED) is 0.718. The average molecular weight is 291 g/mol. The Labute approximate surface area is 126 Å².